The van der Waals surface area contributed by atoms with Crippen LogP contribution in [-0.4, -0.2) is 29.1 Å². The van der Waals surface area contributed by atoms with Gasteiger partial charge in [-0.3, -0.25) is 9.69 Å². The molecule has 1 aromatic carbocycles. The van der Waals surface area contributed by atoms with Gasteiger partial charge in [0.15, 0.2) is 0 Å². The number of hydrogen-bond donors (Lipinski definition) is 1. The Morgan fingerprint density at radius 1 is 1.24 bits per heavy atom. The summed E-state index contributed by atoms with van der Waals surface area (Å²) in [6, 6.07) is 9.09. The Balaban J connectivity index is 2.03. The molecule has 0 aliphatic carbocycles. The molecule has 116 valence electrons. The van der Waals surface area contributed by atoms with Gasteiger partial charge >= 0.3 is 5.97 Å². The second-order valence-corrected chi connectivity index (χ2v) is 6.89. The van der Waals surface area contributed by atoms with E-state index in [4.69, 9.17) is 0 Å². The van der Waals surface area contributed by atoms with E-state index in [-0.39, 0.29) is 17.9 Å². The molecule has 0 aromatic heterocycles. The Morgan fingerprint density at radius 2 is 1.86 bits per heavy atom. The van der Waals surface area contributed by atoms with Gasteiger partial charge in [-0.05, 0) is 36.3 Å². The van der Waals surface area contributed by atoms with Crippen molar-refractivity contribution in [3.05, 3.63) is 35.4 Å². The first-order chi connectivity index (χ1) is 9.88. The van der Waals surface area contributed by atoms with Gasteiger partial charge in [0.25, 0.3) is 0 Å². The van der Waals surface area contributed by atoms with E-state index < -0.39 is 5.97 Å². The largest absolute Gasteiger partial charge is 0.481 e. The summed E-state index contributed by atoms with van der Waals surface area (Å²) in [5.41, 5.74) is 2.65. The van der Waals surface area contributed by atoms with Crippen LogP contribution in [0.4, 0.5) is 0 Å². The Bertz CT molecular complexity index is 480. The fraction of sp³-hybridized carbons (Fsp3) is 0.611. The molecule has 1 aliphatic heterocycles. The summed E-state index contributed by atoms with van der Waals surface area (Å²) < 4.78 is 0. The molecule has 2 rings (SSSR count). The van der Waals surface area contributed by atoms with Crippen molar-refractivity contribution in [2.24, 2.45) is 17.8 Å². The smallest absolute Gasteiger partial charge is 0.308 e. The Hall–Kier alpha value is -1.35. The molecule has 21 heavy (non-hydrogen) atoms. The lowest BCUT2D eigenvalue weighted by atomic mass is 9.99. The molecular weight excluding hydrogens is 262 g/mol. The van der Waals surface area contributed by atoms with E-state index in [0.29, 0.717) is 12.5 Å². The van der Waals surface area contributed by atoms with E-state index in [1.54, 1.807) is 0 Å². The number of carboxylic acid groups (broad SMARTS) is 1. The van der Waals surface area contributed by atoms with E-state index in [1.165, 1.54) is 11.1 Å². The topological polar surface area (TPSA) is 40.5 Å². The predicted octanol–water partition coefficient (Wildman–Crippen LogP) is 3.60. The molecule has 1 N–H and O–H groups in total. The number of benzene rings is 1. The molecule has 0 bridgehead atoms. The van der Waals surface area contributed by atoms with Crippen molar-refractivity contribution in [1.29, 1.82) is 0 Å². The van der Waals surface area contributed by atoms with Crippen LogP contribution < -0.4 is 0 Å². The quantitative estimate of drug-likeness (QED) is 0.900. The van der Waals surface area contributed by atoms with Crippen molar-refractivity contribution in [3.63, 3.8) is 0 Å². The summed E-state index contributed by atoms with van der Waals surface area (Å²) in [6.07, 6.45) is 1.11. The summed E-state index contributed by atoms with van der Waals surface area (Å²) in [6.45, 7) is 10.2. The predicted molar refractivity (Wildman–Crippen MR) is 85.3 cm³/mol. The Morgan fingerprint density at radius 3 is 2.33 bits per heavy atom. The molecular formula is C18H27NO2. The standard InChI is InChI=1S/C18H27NO2/c1-12(2)9-15-5-7-16(8-6-15)14(4)19-10-13(3)17(11-19)18(20)21/h5-8,12-14,17H,9-11H2,1-4H3,(H,20,21)/t13-,14?,17-/m1/s1. The van der Waals surface area contributed by atoms with Gasteiger partial charge < -0.3 is 5.11 Å². The minimum absolute atomic E-state index is 0.227. The number of carboxylic acids is 1. The number of carbonyl (C=O) groups is 1. The second kappa shape index (κ2) is 6.61. The SMILES string of the molecule is CC(C)Cc1ccc(C(C)N2C[C@@H](C)[C@H](C(=O)O)C2)cc1. The zero-order valence-corrected chi connectivity index (χ0v) is 13.5. The van der Waals surface area contributed by atoms with Gasteiger partial charge in [0.2, 0.25) is 0 Å². The lowest BCUT2D eigenvalue weighted by Gasteiger charge is -2.25. The van der Waals surface area contributed by atoms with Crippen molar-refractivity contribution in [2.45, 2.75) is 40.2 Å². The minimum atomic E-state index is -0.663. The molecule has 3 nitrogen and oxygen atoms in total. The van der Waals surface area contributed by atoms with Crippen LogP contribution in [0, 0.1) is 17.8 Å². The molecule has 0 spiro atoms. The van der Waals surface area contributed by atoms with E-state index in [0.717, 1.165) is 13.0 Å². The van der Waals surface area contributed by atoms with Crippen molar-refractivity contribution in [1.82, 2.24) is 4.90 Å². The number of likely N-dealkylation sites (tertiary alicyclic amines) is 1. The van der Waals surface area contributed by atoms with Crippen molar-refractivity contribution >= 4 is 5.97 Å². The second-order valence-electron chi connectivity index (χ2n) is 6.89. The van der Waals surface area contributed by atoms with Crippen LogP contribution in [0.25, 0.3) is 0 Å². The van der Waals surface area contributed by atoms with E-state index in [9.17, 15) is 9.90 Å². The van der Waals surface area contributed by atoms with Crippen LogP contribution in [0.2, 0.25) is 0 Å². The molecule has 3 atom stereocenters. The summed E-state index contributed by atoms with van der Waals surface area (Å²) in [7, 11) is 0. The molecule has 0 radical (unpaired) electrons. The van der Waals surface area contributed by atoms with E-state index >= 15 is 0 Å². The van der Waals surface area contributed by atoms with Crippen molar-refractivity contribution in [3.8, 4) is 0 Å². The summed E-state index contributed by atoms with van der Waals surface area (Å²) in [5, 5.41) is 9.25. The fourth-order valence-corrected chi connectivity index (χ4v) is 3.26. The van der Waals surface area contributed by atoms with Crippen molar-refractivity contribution in [2.75, 3.05) is 13.1 Å². The van der Waals surface area contributed by atoms with Gasteiger partial charge in [0.1, 0.15) is 0 Å². The van der Waals surface area contributed by atoms with E-state index in [1.807, 2.05) is 6.92 Å². The molecule has 1 saturated heterocycles. The zero-order valence-electron chi connectivity index (χ0n) is 13.5. The molecule has 0 amide bonds. The highest BCUT2D eigenvalue weighted by Gasteiger charge is 2.36. The van der Waals surface area contributed by atoms with Crippen LogP contribution >= 0.6 is 0 Å². The highest BCUT2D eigenvalue weighted by atomic mass is 16.4. The molecule has 1 unspecified atom stereocenters. The first-order valence-electron chi connectivity index (χ1n) is 7.94. The van der Waals surface area contributed by atoms with Gasteiger partial charge in [0.05, 0.1) is 5.92 Å². The zero-order chi connectivity index (χ0) is 15.6. The molecule has 1 fully saturated rings. The highest BCUT2D eigenvalue weighted by molar-refractivity contribution is 5.71. The third-order valence-electron chi connectivity index (χ3n) is 4.61. The summed E-state index contributed by atoms with van der Waals surface area (Å²) >= 11 is 0. The number of hydrogen-bond acceptors (Lipinski definition) is 2. The maximum atomic E-state index is 11.2. The van der Waals surface area contributed by atoms with Crippen LogP contribution in [0.1, 0.15) is 44.9 Å². The normalized spacial score (nSPS) is 24.4. The van der Waals surface area contributed by atoms with Crippen LogP contribution in [-0.2, 0) is 11.2 Å². The van der Waals surface area contributed by atoms with Crippen LogP contribution in [0.3, 0.4) is 0 Å². The van der Waals surface area contributed by atoms with Gasteiger partial charge in [-0.15, -0.1) is 0 Å². The lowest BCUT2D eigenvalue weighted by Crippen LogP contribution is -2.26. The number of nitrogens with zero attached hydrogens (tertiary/aromatic N) is 1. The fourth-order valence-electron chi connectivity index (χ4n) is 3.26. The third-order valence-corrected chi connectivity index (χ3v) is 4.61. The summed E-state index contributed by atoms with van der Waals surface area (Å²) in [5.74, 6) is 0.00587. The maximum Gasteiger partial charge on any atom is 0.308 e. The monoisotopic (exact) mass is 289 g/mol. The number of rotatable bonds is 5. The third kappa shape index (κ3) is 3.85. The molecule has 0 saturated carbocycles. The average molecular weight is 289 g/mol. The maximum absolute atomic E-state index is 11.2. The van der Waals surface area contributed by atoms with Gasteiger partial charge in [0, 0.05) is 19.1 Å². The van der Waals surface area contributed by atoms with Gasteiger partial charge in [-0.25, -0.2) is 0 Å². The molecule has 1 aromatic rings. The summed E-state index contributed by atoms with van der Waals surface area (Å²) in [4.78, 5) is 13.5. The molecule has 1 aliphatic rings. The first-order valence-corrected chi connectivity index (χ1v) is 7.94. The van der Waals surface area contributed by atoms with Gasteiger partial charge in [-0.2, -0.15) is 0 Å². The Labute approximate surface area is 128 Å². The van der Waals surface area contributed by atoms with Crippen LogP contribution in [0.15, 0.2) is 24.3 Å². The van der Waals surface area contributed by atoms with Gasteiger partial charge in [-0.1, -0.05) is 45.0 Å². The lowest BCUT2D eigenvalue weighted by molar-refractivity contribution is -0.142. The highest BCUT2D eigenvalue weighted by Crippen LogP contribution is 2.31. The molecule has 1 heterocycles. The molecule has 3 heteroatoms. The number of aliphatic carboxylic acids is 1. The van der Waals surface area contributed by atoms with Crippen molar-refractivity contribution < 1.29 is 9.90 Å². The Kier molecular flexibility index (Phi) is 5.04. The van der Waals surface area contributed by atoms with E-state index in [2.05, 4.69) is 49.9 Å². The average Bonchev–Trinajstić information content (AvgIpc) is 2.80. The minimum Gasteiger partial charge on any atom is -0.481 e. The first kappa shape index (κ1) is 16.0. The van der Waals surface area contributed by atoms with Crippen LogP contribution in [0.5, 0.6) is 0 Å².